The monoisotopic (exact) mass is 447 g/mol. The second kappa shape index (κ2) is 9.16. The maximum atomic E-state index is 11.9. The van der Waals surface area contributed by atoms with E-state index in [4.69, 9.17) is 14.2 Å². The number of aliphatic hydroxyl groups is 1. The molecule has 32 heavy (non-hydrogen) atoms. The number of anilines is 1. The fraction of sp³-hybridized carbons (Fsp3) is 0.474. The average molecular weight is 447 g/mol. The van der Waals surface area contributed by atoms with Crippen molar-refractivity contribution in [3.63, 3.8) is 0 Å². The minimum absolute atomic E-state index is 0.0293. The number of esters is 2. The molecule has 0 aromatic carbocycles. The number of nitriles is 1. The van der Waals surface area contributed by atoms with Crippen LogP contribution in [0.25, 0.3) is 5.52 Å². The summed E-state index contributed by atoms with van der Waals surface area (Å²) in [5, 5.41) is 27.3. The third-order valence-electron chi connectivity index (χ3n) is 4.79. The van der Waals surface area contributed by atoms with Gasteiger partial charge in [0.1, 0.15) is 24.0 Å². The standard InChI is InChI=1S/C19H21N5O8/c1-4-14(26)31-15-10(2)32-19(7-20,16(15)27)13-6-5-12-17(21-8-22-24(12)13)23-18(28)30-9-29-11(3)25/h5-6,8,10,15-16,27H,4,9H2,1-3H3,(H,21,22,23,28)/t10-,15-,16-,19+/m1/s1. The summed E-state index contributed by atoms with van der Waals surface area (Å²) in [5.41, 5.74) is -1.49. The van der Waals surface area contributed by atoms with E-state index < -0.39 is 48.7 Å². The molecule has 4 atom stereocenters. The average Bonchev–Trinajstić information content (AvgIpc) is 3.29. The quantitative estimate of drug-likeness (QED) is 0.469. The van der Waals surface area contributed by atoms with E-state index in [0.29, 0.717) is 0 Å². The predicted octanol–water partition coefficient (Wildman–Crippen LogP) is 0.619. The Hall–Kier alpha value is -3.76. The second-order valence-corrected chi connectivity index (χ2v) is 6.86. The van der Waals surface area contributed by atoms with Crippen LogP contribution in [0, 0.1) is 11.3 Å². The topological polar surface area (TPSA) is 174 Å². The summed E-state index contributed by atoms with van der Waals surface area (Å²) >= 11 is 0. The third kappa shape index (κ3) is 4.18. The Kier molecular flexibility index (Phi) is 6.56. The summed E-state index contributed by atoms with van der Waals surface area (Å²) in [6.07, 6.45) is -3.08. The van der Waals surface area contributed by atoms with Gasteiger partial charge in [0.25, 0.3) is 0 Å². The van der Waals surface area contributed by atoms with Crippen LogP contribution in [0.1, 0.15) is 32.9 Å². The Labute approximate surface area is 181 Å². The molecule has 2 aromatic rings. The van der Waals surface area contributed by atoms with Crippen molar-refractivity contribution in [3.05, 3.63) is 24.2 Å². The van der Waals surface area contributed by atoms with Gasteiger partial charge in [-0.25, -0.2) is 14.3 Å². The van der Waals surface area contributed by atoms with E-state index in [2.05, 4.69) is 20.1 Å². The van der Waals surface area contributed by atoms with Crippen LogP contribution in [-0.2, 0) is 34.1 Å². The van der Waals surface area contributed by atoms with Crippen LogP contribution in [0.2, 0.25) is 0 Å². The number of hydrogen-bond donors (Lipinski definition) is 2. The van der Waals surface area contributed by atoms with Gasteiger partial charge < -0.3 is 24.1 Å². The van der Waals surface area contributed by atoms with Crippen molar-refractivity contribution in [2.24, 2.45) is 0 Å². The summed E-state index contributed by atoms with van der Waals surface area (Å²) in [6.45, 7) is 3.77. The first-order valence-corrected chi connectivity index (χ1v) is 9.60. The number of nitrogens with one attached hydrogen (secondary N) is 1. The highest BCUT2D eigenvalue weighted by Crippen LogP contribution is 2.41. The number of aromatic nitrogens is 3. The number of hydrogen-bond acceptors (Lipinski definition) is 11. The van der Waals surface area contributed by atoms with Gasteiger partial charge >= 0.3 is 18.0 Å². The van der Waals surface area contributed by atoms with E-state index in [0.717, 1.165) is 13.3 Å². The van der Waals surface area contributed by atoms with Crippen molar-refractivity contribution in [3.8, 4) is 6.07 Å². The van der Waals surface area contributed by atoms with Crippen LogP contribution in [0.5, 0.6) is 0 Å². The van der Waals surface area contributed by atoms with Crippen molar-refractivity contribution in [2.45, 2.75) is 51.1 Å². The van der Waals surface area contributed by atoms with Gasteiger partial charge in [0.2, 0.25) is 12.4 Å². The van der Waals surface area contributed by atoms with Gasteiger partial charge in [-0.2, -0.15) is 10.4 Å². The smallest absolute Gasteiger partial charge is 0.415 e. The fourth-order valence-corrected chi connectivity index (χ4v) is 3.29. The summed E-state index contributed by atoms with van der Waals surface area (Å²) in [7, 11) is 0. The highest BCUT2D eigenvalue weighted by molar-refractivity contribution is 5.88. The predicted molar refractivity (Wildman–Crippen MR) is 104 cm³/mol. The number of nitrogens with zero attached hydrogens (tertiary/aromatic N) is 4. The van der Waals surface area contributed by atoms with Gasteiger partial charge in [0.05, 0.1) is 11.8 Å². The fourth-order valence-electron chi connectivity index (χ4n) is 3.29. The lowest BCUT2D eigenvalue weighted by atomic mass is 9.92. The number of fused-ring (bicyclic) bond motifs is 1. The normalized spacial score (nSPS) is 24.5. The van der Waals surface area contributed by atoms with Crippen LogP contribution in [0.15, 0.2) is 18.5 Å². The van der Waals surface area contributed by atoms with Crippen molar-refractivity contribution in [2.75, 3.05) is 12.1 Å². The van der Waals surface area contributed by atoms with E-state index >= 15 is 0 Å². The Bertz CT molecular complexity index is 1080. The van der Waals surface area contributed by atoms with Crippen molar-refractivity contribution in [1.29, 1.82) is 5.26 Å². The molecule has 3 heterocycles. The minimum Gasteiger partial charge on any atom is -0.457 e. The lowest BCUT2D eigenvalue weighted by molar-refractivity contribution is -0.155. The molecule has 0 saturated carbocycles. The summed E-state index contributed by atoms with van der Waals surface area (Å²) < 4.78 is 21.6. The van der Waals surface area contributed by atoms with Gasteiger partial charge in [0.15, 0.2) is 11.9 Å². The van der Waals surface area contributed by atoms with Crippen molar-refractivity contribution < 1.29 is 38.4 Å². The largest absolute Gasteiger partial charge is 0.457 e. The first-order valence-electron chi connectivity index (χ1n) is 9.60. The SMILES string of the molecule is CCC(=O)O[C@H]1[C@@H](O)[C@](C#N)(c2ccc3c(NC(=O)OCOC(C)=O)ncnn23)O[C@@H]1C. The second-order valence-electron chi connectivity index (χ2n) is 6.86. The van der Waals surface area contributed by atoms with Gasteiger partial charge in [-0.3, -0.25) is 14.9 Å². The molecule has 170 valence electrons. The van der Waals surface area contributed by atoms with Gasteiger partial charge in [0, 0.05) is 13.3 Å². The van der Waals surface area contributed by atoms with E-state index in [9.17, 15) is 24.8 Å². The molecular weight excluding hydrogens is 426 g/mol. The molecule has 0 bridgehead atoms. The van der Waals surface area contributed by atoms with Crippen LogP contribution >= 0.6 is 0 Å². The minimum atomic E-state index is -1.90. The molecule has 2 aromatic heterocycles. The zero-order valence-electron chi connectivity index (χ0n) is 17.5. The number of carbonyl (C=O) groups excluding carboxylic acids is 3. The van der Waals surface area contributed by atoms with Gasteiger partial charge in [-0.15, -0.1) is 0 Å². The Morgan fingerprint density at radius 2 is 2.12 bits per heavy atom. The number of aliphatic hydroxyl groups excluding tert-OH is 1. The first-order chi connectivity index (χ1) is 15.2. The van der Waals surface area contributed by atoms with E-state index in [-0.39, 0.29) is 23.4 Å². The molecule has 1 aliphatic rings. The van der Waals surface area contributed by atoms with E-state index in [1.807, 2.05) is 6.07 Å². The van der Waals surface area contributed by atoms with Crippen molar-refractivity contribution >= 4 is 29.4 Å². The Morgan fingerprint density at radius 1 is 1.38 bits per heavy atom. The molecule has 13 heteroatoms. The molecular formula is C19H21N5O8. The van der Waals surface area contributed by atoms with Gasteiger partial charge in [-0.1, -0.05) is 6.92 Å². The molecule has 1 saturated heterocycles. The lowest BCUT2D eigenvalue weighted by Gasteiger charge is -2.24. The molecule has 13 nitrogen and oxygen atoms in total. The zero-order chi connectivity index (χ0) is 23.5. The third-order valence-corrected chi connectivity index (χ3v) is 4.79. The number of carbonyl (C=O) groups is 3. The lowest BCUT2D eigenvalue weighted by Crippen LogP contribution is -2.42. The molecule has 0 aliphatic carbocycles. The van der Waals surface area contributed by atoms with Crippen LogP contribution in [0.4, 0.5) is 10.6 Å². The van der Waals surface area contributed by atoms with E-state index in [1.165, 1.54) is 16.6 Å². The molecule has 0 spiro atoms. The maximum absolute atomic E-state index is 11.9. The molecule has 1 fully saturated rings. The first kappa shape index (κ1) is 22.9. The highest BCUT2D eigenvalue weighted by atomic mass is 16.7. The van der Waals surface area contributed by atoms with Crippen molar-refractivity contribution in [1.82, 2.24) is 14.6 Å². The van der Waals surface area contributed by atoms with Crippen LogP contribution in [-0.4, -0.2) is 62.8 Å². The molecule has 1 amide bonds. The highest BCUT2D eigenvalue weighted by Gasteiger charge is 2.58. The number of ether oxygens (including phenoxy) is 4. The Balaban J connectivity index is 1.90. The Morgan fingerprint density at radius 3 is 2.78 bits per heavy atom. The maximum Gasteiger partial charge on any atom is 0.415 e. The molecule has 2 N–H and O–H groups in total. The zero-order valence-corrected chi connectivity index (χ0v) is 17.5. The van der Waals surface area contributed by atoms with Crippen LogP contribution < -0.4 is 5.32 Å². The molecule has 0 radical (unpaired) electrons. The summed E-state index contributed by atoms with van der Waals surface area (Å²) in [4.78, 5) is 38.4. The van der Waals surface area contributed by atoms with Crippen LogP contribution in [0.3, 0.4) is 0 Å². The van der Waals surface area contributed by atoms with Gasteiger partial charge in [-0.05, 0) is 19.1 Å². The van der Waals surface area contributed by atoms with E-state index in [1.54, 1.807) is 13.8 Å². The molecule has 3 rings (SSSR count). The number of amides is 1. The molecule has 0 unspecified atom stereocenters. The number of rotatable bonds is 6. The molecule has 1 aliphatic heterocycles. The summed E-state index contributed by atoms with van der Waals surface area (Å²) in [5.74, 6) is -1.13. The summed E-state index contributed by atoms with van der Waals surface area (Å²) in [6, 6.07) is 4.94.